The van der Waals surface area contributed by atoms with Crippen molar-refractivity contribution in [1.82, 2.24) is 15.5 Å². The van der Waals surface area contributed by atoms with Gasteiger partial charge in [-0.3, -0.25) is 34.2 Å². The van der Waals surface area contributed by atoms with E-state index < -0.39 is 29.7 Å². The van der Waals surface area contributed by atoms with Crippen LogP contribution in [-0.2, 0) is 23.9 Å². The van der Waals surface area contributed by atoms with E-state index in [0.717, 1.165) is 4.90 Å². The number of hydrogen-bond donors (Lipinski definition) is 4. The van der Waals surface area contributed by atoms with Crippen LogP contribution in [0.2, 0.25) is 0 Å². The van der Waals surface area contributed by atoms with E-state index in [-0.39, 0.29) is 49.5 Å². The molecule has 0 radical (unpaired) electrons. The summed E-state index contributed by atoms with van der Waals surface area (Å²) in [5.41, 5.74) is 0.837. The molecule has 0 aromatic heterocycles. The molecule has 1 fully saturated rings. The van der Waals surface area contributed by atoms with Crippen LogP contribution < -0.4 is 16.0 Å². The summed E-state index contributed by atoms with van der Waals surface area (Å²) >= 11 is 0. The second-order valence-electron chi connectivity index (χ2n) is 8.00. The third-order valence-electron chi connectivity index (χ3n) is 5.54. The lowest BCUT2D eigenvalue weighted by Crippen LogP contribution is -2.54. The minimum atomic E-state index is -1.02. The first-order valence-electron chi connectivity index (χ1n) is 11.6. The number of aliphatic hydroxyl groups excluding tert-OH is 1. The normalized spacial score (nSPS) is 17.4. The van der Waals surface area contributed by atoms with E-state index in [0.29, 0.717) is 45.0 Å². The number of rotatable bonds is 14. The van der Waals surface area contributed by atoms with Gasteiger partial charge in [0.15, 0.2) is 0 Å². The van der Waals surface area contributed by atoms with Gasteiger partial charge in [-0.05, 0) is 25.0 Å². The van der Waals surface area contributed by atoms with E-state index in [9.17, 15) is 24.0 Å². The minimum Gasteiger partial charge on any atom is -0.394 e. The van der Waals surface area contributed by atoms with E-state index in [4.69, 9.17) is 14.6 Å². The van der Waals surface area contributed by atoms with Crippen molar-refractivity contribution in [3.8, 4) is 0 Å². The molecular weight excluding hydrogens is 460 g/mol. The van der Waals surface area contributed by atoms with Gasteiger partial charge in [-0.1, -0.05) is 6.07 Å². The van der Waals surface area contributed by atoms with Crippen LogP contribution in [0.15, 0.2) is 18.2 Å². The minimum absolute atomic E-state index is 0.0348. The Hall–Kier alpha value is -3.35. The number of benzene rings is 1. The van der Waals surface area contributed by atoms with Gasteiger partial charge in [0, 0.05) is 31.6 Å². The van der Waals surface area contributed by atoms with Gasteiger partial charge in [0.25, 0.3) is 11.8 Å². The molecule has 4 N–H and O–H groups in total. The first kappa shape index (κ1) is 26.3. The number of nitrogens with zero attached hydrogens (tertiary/aromatic N) is 1. The summed E-state index contributed by atoms with van der Waals surface area (Å²) in [6.45, 7) is 2.09. The molecule has 0 aliphatic carbocycles. The molecule has 2 aliphatic heterocycles. The monoisotopic (exact) mass is 490 g/mol. The van der Waals surface area contributed by atoms with Gasteiger partial charge in [0.05, 0.1) is 44.2 Å². The maximum Gasteiger partial charge on any atom is 0.264 e. The zero-order valence-electron chi connectivity index (χ0n) is 19.3. The number of nitrogens with one attached hydrogen (secondary N) is 3. The van der Waals surface area contributed by atoms with Gasteiger partial charge in [0.1, 0.15) is 6.04 Å². The molecule has 1 unspecified atom stereocenters. The van der Waals surface area contributed by atoms with Gasteiger partial charge in [-0.2, -0.15) is 0 Å². The Kier molecular flexibility index (Phi) is 9.70. The second kappa shape index (κ2) is 12.9. The topological polar surface area (TPSA) is 163 Å². The summed E-state index contributed by atoms with van der Waals surface area (Å²) in [6.07, 6.45) is 0.903. The first-order chi connectivity index (χ1) is 16.9. The predicted octanol–water partition coefficient (Wildman–Crippen LogP) is -0.578. The highest BCUT2D eigenvalue weighted by atomic mass is 16.5. The van der Waals surface area contributed by atoms with Crippen molar-refractivity contribution in [2.45, 2.75) is 31.7 Å². The van der Waals surface area contributed by atoms with Crippen molar-refractivity contribution in [2.75, 3.05) is 51.4 Å². The predicted molar refractivity (Wildman–Crippen MR) is 123 cm³/mol. The van der Waals surface area contributed by atoms with Crippen molar-refractivity contribution >= 4 is 35.2 Å². The van der Waals surface area contributed by atoms with Gasteiger partial charge in [-0.15, -0.1) is 0 Å². The number of anilines is 1. The fraction of sp³-hybridized carbons (Fsp3) is 0.522. The molecule has 2 heterocycles. The van der Waals surface area contributed by atoms with Crippen LogP contribution in [-0.4, -0.2) is 91.7 Å². The lowest BCUT2D eigenvalue weighted by atomic mass is 10.0. The van der Waals surface area contributed by atoms with Crippen molar-refractivity contribution in [3.05, 3.63) is 29.3 Å². The standard InChI is InChI=1S/C23H30N4O8/c28-10-12-35-14-13-34-11-9-25-18(29)5-2-8-24-16-4-1-3-15-20(16)23(33)27(22(15)32)17-6-7-19(30)26-21(17)31/h1,3-4,17,24,28H,2,5-14H2,(H,25,29)(H,26,30,31). The quantitative estimate of drug-likeness (QED) is 0.197. The number of fused-ring (bicyclic) bond motifs is 1. The van der Waals surface area contributed by atoms with Crippen LogP contribution in [0.4, 0.5) is 5.69 Å². The molecule has 3 rings (SSSR count). The van der Waals surface area contributed by atoms with Gasteiger partial charge in [0.2, 0.25) is 17.7 Å². The lowest BCUT2D eigenvalue weighted by Gasteiger charge is -2.27. The molecule has 0 saturated carbocycles. The zero-order chi connectivity index (χ0) is 25.2. The van der Waals surface area contributed by atoms with Crippen LogP contribution >= 0.6 is 0 Å². The van der Waals surface area contributed by atoms with E-state index in [2.05, 4.69) is 16.0 Å². The number of aliphatic hydroxyl groups is 1. The van der Waals surface area contributed by atoms with Crippen molar-refractivity contribution < 1.29 is 38.6 Å². The van der Waals surface area contributed by atoms with Crippen LogP contribution in [0, 0.1) is 0 Å². The summed E-state index contributed by atoms with van der Waals surface area (Å²) < 4.78 is 10.4. The number of amides is 5. The van der Waals surface area contributed by atoms with E-state index in [1.54, 1.807) is 12.1 Å². The largest absolute Gasteiger partial charge is 0.394 e. The molecule has 1 aromatic carbocycles. The molecule has 2 aliphatic rings. The molecule has 35 heavy (non-hydrogen) atoms. The maximum atomic E-state index is 13.0. The zero-order valence-corrected chi connectivity index (χ0v) is 19.3. The van der Waals surface area contributed by atoms with Crippen molar-refractivity contribution in [1.29, 1.82) is 0 Å². The maximum absolute atomic E-state index is 13.0. The van der Waals surface area contributed by atoms with Gasteiger partial charge < -0.3 is 25.2 Å². The van der Waals surface area contributed by atoms with Gasteiger partial charge >= 0.3 is 0 Å². The number of imide groups is 2. The number of ether oxygens (including phenoxy) is 2. The molecule has 12 nitrogen and oxygen atoms in total. The Bertz CT molecular complexity index is 967. The average Bonchev–Trinajstić information content (AvgIpc) is 3.09. The summed E-state index contributed by atoms with van der Waals surface area (Å²) in [7, 11) is 0. The Labute approximate surface area is 202 Å². The highest BCUT2D eigenvalue weighted by molar-refractivity contribution is 6.25. The van der Waals surface area contributed by atoms with Crippen LogP contribution in [0.3, 0.4) is 0 Å². The fourth-order valence-corrected chi connectivity index (χ4v) is 3.87. The smallest absolute Gasteiger partial charge is 0.264 e. The molecule has 0 bridgehead atoms. The fourth-order valence-electron chi connectivity index (χ4n) is 3.87. The number of hydrogen-bond acceptors (Lipinski definition) is 9. The Morgan fingerprint density at radius 1 is 1.06 bits per heavy atom. The summed E-state index contributed by atoms with van der Waals surface area (Å²) in [6, 6.07) is 3.82. The molecule has 190 valence electrons. The van der Waals surface area contributed by atoms with Crippen LogP contribution in [0.5, 0.6) is 0 Å². The molecule has 1 aromatic rings. The highest BCUT2D eigenvalue weighted by Gasteiger charge is 2.45. The van der Waals surface area contributed by atoms with Crippen molar-refractivity contribution in [2.24, 2.45) is 0 Å². The SMILES string of the molecule is O=C(CCCNc1cccc2c1C(=O)N(C1CCC(=O)NC1=O)C2=O)NCCOCCOCCO. The average molecular weight is 491 g/mol. The molecular formula is C23H30N4O8. The van der Waals surface area contributed by atoms with Gasteiger partial charge in [-0.25, -0.2) is 0 Å². The lowest BCUT2D eigenvalue weighted by molar-refractivity contribution is -0.136. The molecule has 5 amide bonds. The third kappa shape index (κ3) is 6.84. The number of piperidine rings is 1. The summed E-state index contributed by atoms with van der Waals surface area (Å²) in [4.78, 5) is 62.4. The van der Waals surface area contributed by atoms with Crippen LogP contribution in [0.1, 0.15) is 46.4 Å². The number of carbonyl (C=O) groups excluding carboxylic acids is 5. The van der Waals surface area contributed by atoms with Crippen LogP contribution in [0.25, 0.3) is 0 Å². The summed E-state index contributed by atoms with van der Waals surface area (Å²) in [5.74, 6) is -2.37. The first-order valence-corrected chi connectivity index (χ1v) is 11.6. The molecule has 1 saturated heterocycles. The molecule has 12 heteroatoms. The van der Waals surface area contributed by atoms with E-state index in [1.165, 1.54) is 6.07 Å². The molecule has 1 atom stereocenters. The summed E-state index contributed by atoms with van der Waals surface area (Å²) in [5, 5.41) is 16.6. The van der Waals surface area contributed by atoms with Crippen molar-refractivity contribution in [3.63, 3.8) is 0 Å². The Morgan fingerprint density at radius 3 is 2.57 bits per heavy atom. The molecule has 0 spiro atoms. The van der Waals surface area contributed by atoms with E-state index in [1.807, 2.05) is 0 Å². The highest BCUT2D eigenvalue weighted by Crippen LogP contribution is 2.32. The third-order valence-corrected chi connectivity index (χ3v) is 5.54. The van der Waals surface area contributed by atoms with E-state index >= 15 is 0 Å². The number of carbonyl (C=O) groups is 5. The Balaban J connectivity index is 1.43. The second-order valence-corrected chi connectivity index (χ2v) is 8.00. The Morgan fingerprint density at radius 2 is 1.83 bits per heavy atom.